The second kappa shape index (κ2) is 6.71. The summed E-state index contributed by atoms with van der Waals surface area (Å²) >= 11 is 0. The third-order valence-electron chi connectivity index (χ3n) is 4.17. The summed E-state index contributed by atoms with van der Waals surface area (Å²) < 4.78 is 0. The highest BCUT2D eigenvalue weighted by atomic mass is 28.3. The maximum Gasteiger partial charge on any atom is 0.106 e. The molecule has 0 N–H and O–H groups in total. The number of aryl methyl sites for hydroxylation is 1. The highest BCUT2D eigenvalue weighted by molar-refractivity contribution is 6.95. The van der Waals surface area contributed by atoms with E-state index in [2.05, 4.69) is 80.3 Å². The van der Waals surface area contributed by atoms with Gasteiger partial charge in [0.25, 0.3) is 0 Å². The van der Waals surface area contributed by atoms with Gasteiger partial charge in [0, 0.05) is 0 Å². The van der Waals surface area contributed by atoms with Crippen molar-refractivity contribution >= 4 is 13.3 Å². The van der Waals surface area contributed by atoms with Crippen LogP contribution in [0.2, 0.25) is 13.1 Å². The van der Waals surface area contributed by atoms with Gasteiger partial charge in [0.05, 0.1) is 0 Å². The summed E-state index contributed by atoms with van der Waals surface area (Å²) in [6, 6.07) is 21.6. The molecule has 0 saturated carbocycles. The minimum Gasteiger partial charge on any atom is -0.103 e. The van der Waals surface area contributed by atoms with E-state index in [9.17, 15) is 0 Å². The summed E-state index contributed by atoms with van der Waals surface area (Å²) in [7, 11) is -1.52. The van der Waals surface area contributed by atoms with Gasteiger partial charge in [-0.2, -0.15) is 0 Å². The molecule has 1 heteroatoms. The van der Waals surface area contributed by atoms with Crippen LogP contribution in [0.25, 0.3) is 0 Å². The Kier molecular flexibility index (Phi) is 4.97. The van der Waals surface area contributed by atoms with Crippen LogP contribution in [0.4, 0.5) is 0 Å². The lowest BCUT2D eigenvalue weighted by Crippen LogP contribution is -2.43. The van der Waals surface area contributed by atoms with Gasteiger partial charge < -0.3 is 0 Å². The molecule has 0 aromatic heterocycles. The number of hydrogen-bond acceptors (Lipinski definition) is 0. The van der Waals surface area contributed by atoms with Crippen LogP contribution >= 0.6 is 0 Å². The summed E-state index contributed by atoms with van der Waals surface area (Å²) in [6.07, 6.45) is 3.49. The Labute approximate surface area is 124 Å². The number of benzene rings is 2. The standard InChI is InChI=1S/C19H24Si/c1-17(11-10-14-18-12-6-4-7-13-18)20(2,3)19-15-8-5-9-16-19/h4-9,12-13,15-16H,1,10-11,14H2,2-3H3. The second-order valence-corrected chi connectivity index (χ2v) is 10.5. The van der Waals surface area contributed by atoms with Crippen LogP contribution in [0.15, 0.2) is 72.4 Å². The summed E-state index contributed by atoms with van der Waals surface area (Å²) in [4.78, 5) is 0. The molecule has 0 nitrogen and oxygen atoms in total. The van der Waals surface area contributed by atoms with Crippen molar-refractivity contribution in [2.75, 3.05) is 0 Å². The Hall–Kier alpha value is -1.60. The topological polar surface area (TPSA) is 0 Å². The van der Waals surface area contributed by atoms with Crippen LogP contribution in [-0.4, -0.2) is 8.07 Å². The molecule has 0 heterocycles. The molecular weight excluding hydrogens is 256 g/mol. The zero-order chi connectivity index (χ0) is 14.4. The van der Waals surface area contributed by atoms with E-state index in [1.807, 2.05) is 0 Å². The Morgan fingerprint density at radius 3 is 2.05 bits per heavy atom. The van der Waals surface area contributed by atoms with Crippen molar-refractivity contribution in [1.29, 1.82) is 0 Å². The van der Waals surface area contributed by atoms with Crippen molar-refractivity contribution in [3.05, 3.63) is 78.0 Å². The van der Waals surface area contributed by atoms with Crippen molar-refractivity contribution in [1.82, 2.24) is 0 Å². The highest BCUT2D eigenvalue weighted by Crippen LogP contribution is 2.19. The van der Waals surface area contributed by atoms with E-state index >= 15 is 0 Å². The molecular formula is C19H24Si. The van der Waals surface area contributed by atoms with Gasteiger partial charge in [-0.1, -0.05) is 84.1 Å². The fraction of sp³-hybridized carbons (Fsp3) is 0.263. The van der Waals surface area contributed by atoms with Crippen molar-refractivity contribution in [3.8, 4) is 0 Å². The van der Waals surface area contributed by atoms with Gasteiger partial charge in [-0.15, -0.1) is 6.58 Å². The first-order chi connectivity index (χ1) is 9.60. The highest BCUT2D eigenvalue weighted by Gasteiger charge is 2.25. The molecule has 2 aromatic carbocycles. The minimum absolute atomic E-state index is 1.14. The van der Waals surface area contributed by atoms with Gasteiger partial charge in [0.15, 0.2) is 0 Å². The molecule has 0 unspecified atom stereocenters. The average molecular weight is 280 g/mol. The van der Waals surface area contributed by atoms with Crippen LogP contribution in [0, 0.1) is 0 Å². The third kappa shape index (κ3) is 3.70. The quantitative estimate of drug-likeness (QED) is 0.672. The molecule has 0 saturated heterocycles. The largest absolute Gasteiger partial charge is 0.106 e. The molecule has 20 heavy (non-hydrogen) atoms. The van der Waals surface area contributed by atoms with Crippen molar-refractivity contribution in [2.45, 2.75) is 32.4 Å². The van der Waals surface area contributed by atoms with E-state index in [4.69, 9.17) is 0 Å². The number of rotatable bonds is 6. The normalized spacial score (nSPS) is 11.3. The first-order valence-electron chi connectivity index (χ1n) is 7.38. The van der Waals surface area contributed by atoms with E-state index in [0.717, 1.165) is 12.8 Å². The number of hydrogen-bond donors (Lipinski definition) is 0. The molecule has 0 aliphatic rings. The first kappa shape index (κ1) is 14.8. The molecule has 0 radical (unpaired) electrons. The summed E-state index contributed by atoms with van der Waals surface area (Å²) in [5.74, 6) is 0. The van der Waals surface area contributed by atoms with E-state index < -0.39 is 8.07 Å². The maximum atomic E-state index is 4.40. The fourth-order valence-corrected chi connectivity index (χ4v) is 4.76. The average Bonchev–Trinajstić information content (AvgIpc) is 2.49. The third-order valence-corrected chi connectivity index (χ3v) is 7.96. The van der Waals surface area contributed by atoms with Crippen LogP contribution < -0.4 is 5.19 Å². The molecule has 2 rings (SSSR count). The zero-order valence-electron chi connectivity index (χ0n) is 12.6. The van der Waals surface area contributed by atoms with Crippen LogP contribution in [-0.2, 0) is 6.42 Å². The predicted octanol–water partition coefficient (Wildman–Crippen LogP) is 4.72. The Morgan fingerprint density at radius 1 is 0.900 bits per heavy atom. The van der Waals surface area contributed by atoms with Crippen molar-refractivity contribution in [2.24, 2.45) is 0 Å². The molecule has 0 fully saturated rings. The van der Waals surface area contributed by atoms with Gasteiger partial charge in [0.1, 0.15) is 8.07 Å². The minimum atomic E-state index is -1.52. The van der Waals surface area contributed by atoms with Gasteiger partial charge >= 0.3 is 0 Å². The predicted molar refractivity (Wildman–Crippen MR) is 92.1 cm³/mol. The van der Waals surface area contributed by atoms with Gasteiger partial charge in [0.2, 0.25) is 0 Å². The van der Waals surface area contributed by atoms with E-state index in [0.29, 0.717) is 0 Å². The molecule has 0 spiro atoms. The van der Waals surface area contributed by atoms with E-state index in [-0.39, 0.29) is 0 Å². The first-order valence-corrected chi connectivity index (χ1v) is 10.4. The summed E-state index contributed by atoms with van der Waals surface area (Å²) in [5, 5.41) is 2.95. The van der Waals surface area contributed by atoms with Gasteiger partial charge in [-0.05, 0) is 24.8 Å². The molecule has 0 aliphatic heterocycles. The molecule has 0 amide bonds. The monoisotopic (exact) mass is 280 g/mol. The van der Waals surface area contributed by atoms with Gasteiger partial charge in [-0.3, -0.25) is 0 Å². The Bertz CT molecular complexity index is 540. The van der Waals surface area contributed by atoms with Crippen LogP contribution in [0.1, 0.15) is 18.4 Å². The van der Waals surface area contributed by atoms with Crippen molar-refractivity contribution in [3.63, 3.8) is 0 Å². The Balaban J connectivity index is 1.91. The van der Waals surface area contributed by atoms with Gasteiger partial charge in [-0.25, -0.2) is 0 Å². The lowest BCUT2D eigenvalue weighted by molar-refractivity contribution is 0.832. The molecule has 104 valence electrons. The van der Waals surface area contributed by atoms with Crippen LogP contribution in [0.5, 0.6) is 0 Å². The summed E-state index contributed by atoms with van der Waals surface area (Å²) in [6.45, 7) is 9.22. The molecule has 2 aromatic rings. The summed E-state index contributed by atoms with van der Waals surface area (Å²) in [5.41, 5.74) is 1.43. The van der Waals surface area contributed by atoms with E-state index in [1.54, 1.807) is 0 Å². The van der Waals surface area contributed by atoms with Crippen molar-refractivity contribution < 1.29 is 0 Å². The van der Waals surface area contributed by atoms with E-state index in [1.165, 1.54) is 22.4 Å². The second-order valence-electron chi connectivity index (χ2n) is 5.93. The smallest absolute Gasteiger partial charge is 0.103 e. The zero-order valence-corrected chi connectivity index (χ0v) is 13.6. The van der Waals surface area contributed by atoms with Crippen LogP contribution in [0.3, 0.4) is 0 Å². The molecule has 0 bridgehead atoms. The fourth-order valence-electron chi connectivity index (χ4n) is 2.52. The maximum absolute atomic E-state index is 4.40. The lowest BCUT2D eigenvalue weighted by Gasteiger charge is -2.26. The Morgan fingerprint density at radius 2 is 1.45 bits per heavy atom. The SMILES string of the molecule is C=C(CCCc1ccccc1)[Si](C)(C)c1ccccc1. The number of allylic oxidation sites excluding steroid dienone is 1. The molecule has 0 atom stereocenters. The molecule has 0 aliphatic carbocycles. The lowest BCUT2D eigenvalue weighted by atomic mass is 10.1.